The first-order valence-corrected chi connectivity index (χ1v) is 6.87. The molecular formula is C16H19N3O3. The molecule has 1 aromatic carbocycles. The first-order valence-electron chi connectivity index (χ1n) is 6.87. The smallest absolute Gasteiger partial charge is 0.243 e. The van der Waals surface area contributed by atoms with Crippen LogP contribution in [0.3, 0.4) is 0 Å². The van der Waals surface area contributed by atoms with Gasteiger partial charge in [-0.25, -0.2) is 0 Å². The van der Waals surface area contributed by atoms with Crippen LogP contribution < -0.4 is 15.8 Å². The molecule has 116 valence electrons. The predicted molar refractivity (Wildman–Crippen MR) is 83.5 cm³/mol. The fraction of sp³-hybridized carbons (Fsp3) is 0.250. The normalized spacial score (nSPS) is 11.7. The van der Waals surface area contributed by atoms with Crippen molar-refractivity contribution in [3.8, 4) is 5.75 Å². The Kier molecular flexibility index (Phi) is 5.88. The van der Waals surface area contributed by atoms with Crippen LogP contribution in [0.5, 0.6) is 5.75 Å². The predicted octanol–water partition coefficient (Wildman–Crippen LogP) is 1.57. The lowest BCUT2D eigenvalue weighted by molar-refractivity contribution is -0.118. The maximum atomic E-state index is 11.8. The largest absolute Gasteiger partial charge is 0.487 e. The number of benzene rings is 1. The molecule has 3 N–H and O–H groups in total. The van der Waals surface area contributed by atoms with Crippen molar-refractivity contribution in [1.82, 2.24) is 4.98 Å². The van der Waals surface area contributed by atoms with E-state index in [9.17, 15) is 4.79 Å². The Hall–Kier alpha value is -2.44. The number of nitrogens with zero attached hydrogens (tertiary/aromatic N) is 1. The van der Waals surface area contributed by atoms with Crippen molar-refractivity contribution in [3.05, 3.63) is 54.4 Å². The van der Waals surface area contributed by atoms with Crippen LogP contribution in [0.25, 0.3) is 0 Å². The Morgan fingerprint density at radius 2 is 2.18 bits per heavy atom. The maximum absolute atomic E-state index is 11.8. The molecule has 1 heterocycles. The van der Waals surface area contributed by atoms with Crippen LogP contribution >= 0.6 is 0 Å². The molecule has 1 aromatic heterocycles. The van der Waals surface area contributed by atoms with Gasteiger partial charge in [0.2, 0.25) is 5.91 Å². The van der Waals surface area contributed by atoms with Gasteiger partial charge in [-0.1, -0.05) is 12.1 Å². The van der Waals surface area contributed by atoms with Gasteiger partial charge >= 0.3 is 0 Å². The molecule has 2 aromatic rings. The van der Waals surface area contributed by atoms with Crippen molar-refractivity contribution in [2.45, 2.75) is 12.6 Å². The van der Waals surface area contributed by atoms with Crippen LogP contribution in [0.1, 0.15) is 5.69 Å². The van der Waals surface area contributed by atoms with Crippen molar-refractivity contribution in [2.24, 2.45) is 5.73 Å². The van der Waals surface area contributed by atoms with Gasteiger partial charge in [-0.05, 0) is 24.3 Å². The van der Waals surface area contributed by atoms with E-state index in [4.69, 9.17) is 15.2 Å². The van der Waals surface area contributed by atoms with Crippen molar-refractivity contribution in [1.29, 1.82) is 0 Å². The summed E-state index contributed by atoms with van der Waals surface area (Å²) in [5, 5.41) is 2.73. The van der Waals surface area contributed by atoms with Crippen molar-refractivity contribution in [2.75, 3.05) is 19.0 Å². The second-order valence-corrected chi connectivity index (χ2v) is 4.69. The fourth-order valence-electron chi connectivity index (χ4n) is 1.79. The number of nitrogens with two attached hydrogens (primary N) is 1. The quantitative estimate of drug-likeness (QED) is 0.810. The molecule has 0 saturated heterocycles. The third-order valence-corrected chi connectivity index (χ3v) is 2.90. The molecule has 1 amide bonds. The van der Waals surface area contributed by atoms with E-state index >= 15 is 0 Å². The van der Waals surface area contributed by atoms with E-state index in [1.54, 1.807) is 24.4 Å². The molecule has 0 saturated carbocycles. The Bertz CT molecular complexity index is 605. The molecule has 1 unspecified atom stereocenters. The lowest BCUT2D eigenvalue weighted by atomic mass is 10.2. The number of hydrogen-bond acceptors (Lipinski definition) is 5. The van der Waals surface area contributed by atoms with Crippen molar-refractivity contribution >= 4 is 11.6 Å². The Morgan fingerprint density at radius 3 is 2.91 bits per heavy atom. The number of anilines is 1. The highest BCUT2D eigenvalue weighted by Gasteiger charge is 2.13. The van der Waals surface area contributed by atoms with Gasteiger partial charge in [0.05, 0.1) is 12.3 Å². The number of carbonyl (C=O) groups is 1. The second kappa shape index (κ2) is 8.11. The van der Waals surface area contributed by atoms with Crippen LogP contribution in [-0.2, 0) is 16.1 Å². The van der Waals surface area contributed by atoms with E-state index in [1.807, 2.05) is 24.3 Å². The van der Waals surface area contributed by atoms with Crippen LogP contribution in [-0.4, -0.2) is 30.6 Å². The monoisotopic (exact) mass is 301 g/mol. The third kappa shape index (κ3) is 4.83. The summed E-state index contributed by atoms with van der Waals surface area (Å²) < 4.78 is 10.5. The SMILES string of the molecule is COCC(N)C(=O)Nc1cccc(OCc2ccccn2)c1. The number of methoxy groups -OCH3 is 1. The number of amides is 1. The number of nitrogens with one attached hydrogen (secondary N) is 1. The molecule has 22 heavy (non-hydrogen) atoms. The summed E-state index contributed by atoms with van der Waals surface area (Å²) in [6, 6.07) is 12.0. The first kappa shape index (κ1) is 15.9. The van der Waals surface area contributed by atoms with Gasteiger partial charge in [0.25, 0.3) is 0 Å². The second-order valence-electron chi connectivity index (χ2n) is 4.69. The number of hydrogen-bond donors (Lipinski definition) is 2. The molecule has 2 rings (SSSR count). The molecule has 0 fully saturated rings. The molecule has 0 aliphatic heterocycles. The molecule has 6 nitrogen and oxygen atoms in total. The topological polar surface area (TPSA) is 86.5 Å². The number of carbonyl (C=O) groups excluding carboxylic acids is 1. The Morgan fingerprint density at radius 1 is 1.32 bits per heavy atom. The van der Waals surface area contributed by atoms with E-state index in [1.165, 1.54) is 7.11 Å². The number of rotatable bonds is 7. The zero-order valence-corrected chi connectivity index (χ0v) is 12.4. The number of aromatic nitrogens is 1. The molecule has 0 bridgehead atoms. The van der Waals surface area contributed by atoms with Crippen LogP contribution in [0.2, 0.25) is 0 Å². The Balaban J connectivity index is 1.93. The van der Waals surface area contributed by atoms with Gasteiger partial charge in [0.1, 0.15) is 18.4 Å². The van der Waals surface area contributed by atoms with Crippen molar-refractivity contribution in [3.63, 3.8) is 0 Å². The molecule has 6 heteroatoms. The summed E-state index contributed by atoms with van der Waals surface area (Å²) in [5.41, 5.74) is 7.12. The maximum Gasteiger partial charge on any atom is 0.243 e. The third-order valence-electron chi connectivity index (χ3n) is 2.90. The van der Waals surface area contributed by atoms with Gasteiger partial charge in [-0.15, -0.1) is 0 Å². The van der Waals surface area contributed by atoms with Gasteiger partial charge in [-0.3, -0.25) is 9.78 Å². The van der Waals surface area contributed by atoms with Gasteiger partial charge in [0.15, 0.2) is 0 Å². The molecule has 0 aliphatic rings. The lowest BCUT2D eigenvalue weighted by Gasteiger charge is -2.12. The van der Waals surface area contributed by atoms with E-state index in [0.29, 0.717) is 18.0 Å². The van der Waals surface area contributed by atoms with E-state index < -0.39 is 6.04 Å². The van der Waals surface area contributed by atoms with Gasteiger partial charge in [0, 0.05) is 25.1 Å². The average Bonchev–Trinajstić information content (AvgIpc) is 2.54. The summed E-state index contributed by atoms with van der Waals surface area (Å²) in [5.74, 6) is 0.340. The highest BCUT2D eigenvalue weighted by molar-refractivity contribution is 5.94. The van der Waals surface area contributed by atoms with Gasteiger partial charge in [-0.2, -0.15) is 0 Å². The minimum absolute atomic E-state index is 0.168. The number of ether oxygens (including phenoxy) is 2. The lowest BCUT2D eigenvalue weighted by Crippen LogP contribution is -2.39. The standard InChI is InChI=1S/C16H19N3O3/c1-21-11-15(17)16(20)19-12-6-4-7-14(9-12)22-10-13-5-2-3-8-18-13/h2-9,15H,10-11,17H2,1H3,(H,19,20). The minimum Gasteiger partial charge on any atom is -0.487 e. The summed E-state index contributed by atoms with van der Waals surface area (Å²) >= 11 is 0. The fourth-order valence-corrected chi connectivity index (χ4v) is 1.79. The van der Waals surface area contributed by atoms with Gasteiger partial charge < -0.3 is 20.5 Å². The molecule has 0 aliphatic carbocycles. The van der Waals surface area contributed by atoms with E-state index in [0.717, 1.165) is 5.69 Å². The minimum atomic E-state index is -0.705. The van der Waals surface area contributed by atoms with Crippen LogP contribution in [0, 0.1) is 0 Å². The highest BCUT2D eigenvalue weighted by atomic mass is 16.5. The first-order chi connectivity index (χ1) is 10.7. The van der Waals surface area contributed by atoms with E-state index in [2.05, 4.69) is 10.3 Å². The molecule has 0 spiro atoms. The van der Waals surface area contributed by atoms with Crippen LogP contribution in [0.15, 0.2) is 48.7 Å². The van der Waals surface area contributed by atoms with E-state index in [-0.39, 0.29) is 12.5 Å². The number of pyridine rings is 1. The summed E-state index contributed by atoms with van der Waals surface area (Å²) in [4.78, 5) is 16.0. The zero-order valence-electron chi connectivity index (χ0n) is 12.4. The molecule has 1 atom stereocenters. The molecular weight excluding hydrogens is 282 g/mol. The summed E-state index contributed by atoms with van der Waals surface area (Å²) in [6.07, 6.45) is 1.71. The highest BCUT2D eigenvalue weighted by Crippen LogP contribution is 2.18. The zero-order chi connectivity index (χ0) is 15.8. The van der Waals surface area contributed by atoms with Crippen molar-refractivity contribution < 1.29 is 14.3 Å². The summed E-state index contributed by atoms with van der Waals surface area (Å²) in [7, 11) is 1.50. The summed E-state index contributed by atoms with van der Waals surface area (Å²) in [6.45, 7) is 0.531. The van der Waals surface area contributed by atoms with Crippen LogP contribution in [0.4, 0.5) is 5.69 Å². The average molecular weight is 301 g/mol. The molecule has 0 radical (unpaired) electrons. The Labute approximate surface area is 129 Å².